The summed E-state index contributed by atoms with van der Waals surface area (Å²) in [5.74, 6) is -0.790. The van der Waals surface area contributed by atoms with Gasteiger partial charge in [0.1, 0.15) is 0 Å². The van der Waals surface area contributed by atoms with Crippen molar-refractivity contribution in [2.75, 3.05) is 0 Å². The summed E-state index contributed by atoms with van der Waals surface area (Å²) in [5, 5.41) is 8.86. The molecule has 2 heteroatoms. The lowest BCUT2D eigenvalue weighted by atomic mass is 9.78. The van der Waals surface area contributed by atoms with Crippen LogP contribution in [0.4, 0.5) is 0 Å². The molecule has 0 saturated heterocycles. The number of allylic oxidation sites excluding steroid dienone is 2. The van der Waals surface area contributed by atoms with Crippen LogP contribution in [-0.2, 0) is 4.79 Å². The monoisotopic (exact) mass is 178 g/mol. The van der Waals surface area contributed by atoms with Crippen LogP contribution in [0.2, 0.25) is 0 Å². The van der Waals surface area contributed by atoms with Crippen LogP contribution in [0, 0.1) is 5.41 Å². The van der Waals surface area contributed by atoms with E-state index < -0.39 is 5.97 Å². The van der Waals surface area contributed by atoms with Crippen molar-refractivity contribution in [3.63, 3.8) is 0 Å². The average molecular weight is 178 g/mol. The fourth-order valence-electron chi connectivity index (χ4n) is 2.42. The van der Waals surface area contributed by atoms with Gasteiger partial charge in [-0.15, -0.1) is 0 Å². The molecule has 2 aliphatic rings. The summed E-state index contributed by atoms with van der Waals surface area (Å²) < 4.78 is 0. The first-order valence-corrected chi connectivity index (χ1v) is 4.85. The summed E-state index contributed by atoms with van der Waals surface area (Å²) in [4.78, 5) is 10.8. The summed E-state index contributed by atoms with van der Waals surface area (Å²) in [6.45, 7) is 0. The van der Waals surface area contributed by atoms with Crippen molar-refractivity contribution in [1.29, 1.82) is 0 Å². The zero-order chi connectivity index (χ0) is 9.31. The third-order valence-corrected chi connectivity index (χ3v) is 3.13. The first-order valence-electron chi connectivity index (χ1n) is 4.85. The molecule has 70 valence electrons. The zero-order valence-corrected chi connectivity index (χ0v) is 7.62. The van der Waals surface area contributed by atoms with Crippen molar-refractivity contribution in [2.45, 2.75) is 32.1 Å². The standard InChI is InChI=1S/C11H14O2/c12-10(13)9-4-3-7-11(8-9)5-1-2-6-11/h3-4,8H,1-2,5-7H2,(H,12,13). The summed E-state index contributed by atoms with van der Waals surface area (Å²) in [6.07, 6.45) is 11.6. The topological polar surface area (TPSA) is 37.3 Å². The number of aliphatic carboxylic acids is 1. The smallest absolute Gasteiger partial charge is 0.335 e. The summed E-state index contributed by atoms with van der Waals surface area (Å²) in [5.41, 5.74) is 0.677. The number of carbonyl (C=O) groups is 1. The third kappa shape index (κ3) is 1.53. The highest BCUT2D eigenvalue weighted by atomic mass is 16.4. The van der Waals surface area contributed by atoms with Crippen molar-refractivity contribution in [3.8, 4) is 0 Å². The maximum absolute atomic E-state index is 10.8. The van der Waals surface area contributed by atoms with Crippen molar-refractivity contribution < 1.29 is 9.90 Å². The van der Waals surface area contributed by atoms with Gasteiger partial charge >= 0.3 is 5.97 Å². The van der Waals surface area contributed by atoms with E-state index in [2.05, 4.69) is 0 Å². The Balaban J connectivity index is 2.25. The number of carboxylic acids is 1. The summed E-state index contributed by atoms with van der Waals surface area (Å²) >= 11 is 0. The molecule has 0 aliphatic heterocycles. The van der Waals surface area contributed by atoms with Crippen molar-refractivity contribution in [1.82, 2.24) is 0 Å². The lowest BCUT2D eigenvalue weighted by molar-refractivity contribution is -0.132. The van der Waals surface area contributed by atoms with Gasteiger partial charge in [-0.3, -0.25) is 0 Å². The first-order chi connectivity index (χ1) is 6.22. The number of rotatable bonds is 1. The molecule has 0 unspecified atom stereocenters. The van der Waals surface area contributed by atoms with Crippen LogP contribution in [0.3, 0.4) is 0 Å². The third-order valence-electron chi connectivity index (χ3n) is 3.13. The summed E-state index contributed by atoms with van der Waals surface area (Å²) in [6, 6.07) is 0. The number of carboxylic acid groups (broad SMARTS) is 1. The normalized spacial score (nSPS) is 24.8. The van der Waals surface area contributed by atoms with E-state index in [0.29, 0.717) is 5.57 Å². The van der Waals surface area contributed by atoms with Gasteiger partial charge < -0.3 is 5.11 Å². The molecule has 1 saturated carbocycles. The second kappa shape index (κ2) is 3.02. The molecule has 2 aliphatic carbocycles. The van der Waals surface area contributed by atoms with E-state index in [1.165, 1.54) is 12.8 Å². The second-order valence-corrected chi connectivity index (χ2v) is 4.08. The lowest BCUT2D eigenvalue weighted by Gasteiger charge is -2.26. The van der Waals surface area contributed by atoms with Crippen LogP contribution in [0.15, 0.2) is 23.8 Å². The van der Waals surface area contributed by atoms with Crippen LogP contribution < -0.4 is 0 Å². The molecule has 2 nitrogen and oxygen atoms in total. The van der Waals surface area contributed by atoms with Gasteiger partial charge in [-0.2, -0.15) is 0 Å². The Morgan fingerprint density at radius 2 is 2.08 bits per heavy atom. The Morgan fingerprint density at radius 3 is 2.69 bits per heavy atom. The first kappa shape index (κ1) is 8.54. The van der Waals surface area contributed by atoms with Gasteiger partial charge in [0.15, 0.2) is 0 Å². The highest BCUT2D eigenvalue weighted by molar-refractivity contribution is 5.90. The Bertz CT molecular complexity index is 280. The molecule has 0 amide bonds. The van der Waals surface area contributed by atoms with E-state index in [-0.39, 0.29) is 5.41 Å². The fraction of sp³-hybridized carbons (Fsp3) is 0.545. The van der Waals surface area contributed by atoms with Crippen molar-refractivity contribution in [3.05, 3.63) is 23.8 Å². The molecule has 1 N–H and O–H groups in total. The second-order valence-electron chi connectivity index (χ2n) is 4.08. The quantitative estimate of drug-likeness (QED) is 0.669. The van der Waals surface area contributed by atoms with E-state index in [0.717, 1.165) is 19.3 Å². The maximum Gasteiger partial charge on any atom is 0.335 e. The van der Waals surface area contributed by atoms with E-state index in [4.69, 9.17) is 5.11 Å². The number of hydrogen-bond donors (Lipinski definition) is 1. The molecule has 0 bridgehead atoms. The SMILES string of the molecule is O=C(O)C1=CC2(CC=C1)CCCC2. The van der Waals surface area contributed by atoms with Gasteiger partial charge in [-0.25, -0.2) is 4.79 Å². The van der Waals surface area contributed by atoms with E-state index in [9.17, 15) is 4.79 Å². The van der Waals surface area contributed by atoms with Gasteiger partial charge in [-0.1, -0.05) is 31.1 Å². The largest absolute Gasteiger partial charge is 0.478 e. The van der Waals surface area contributed by atoms with Gasteiger partial charge in [0.25, 0.3) is 0 Å². The van der Waals surface area contributed by atoms with Gasteiger partial charge in [-0.05, 0) is 24.7 Å². The minimum absolute atomic E-state index is 0.197. The summed E-state index contributed by atoms with van der Waals surface area (Å²) in [7, 11) is 0. The van der Waals surface area contributed by atoms with Crippen LogP contribution in [0.25, 0.3) is 0 Å². The van der Waals surface area contributed by atoms with Crippen molar-refractivity contribution >= 4 is 5.97 Å². The lowest BCUT2D eigenvalue weighted by Crippen LogP contribution is -2.17. The molecular weight excluding hydrogens is 164 g/mol. The molecule has 0 atom stereocenters. The Labute approximate surface area is 78.0 Å². The molecule has 1 spiro atoms. The van der Waals surface area contributed by atoms with Crippen LogP contribution in [-0.4, -0.2) is 11.1 Å². The van der Waals surface area contributed by atoms with E-state index in [1.54, 1.807) is 6.08 Å². The van der Waals surface area contributed by atoms with Gasteiger partial charge in [0.05, 0.1) is 5.57 Å². The van der Waals surface area contributed by atoms with E-state index in [1.807, 2.05) is 12.2 Å². The average Bonchev–Trinajstić information content (AvgIpc) is 2.53. The molecule has 0 aromatic carbocycles. The van der Waals surface area contributed by atoms with Gasteiger partial charge in [0.2, 0.25) is 0 Å². The Kier molecular flexibility index (Phi) is 1.98. The van der Waals surface area contributed by atoms with Crippen LogP contribution in [0.5, 0.6) is 0 Å². The maximum atomic E-state index is 10.8. The highest BCUT2D eigenvalue weighted by Crippen LogP contribution is 2.45. The van der Waals surface area contributed by atoms with E-state index >= 15 is 0 Å². The Morgan fingerprint density at radius 1 is 1.38 bits per heavy atom. The predicted octanol–water partition coefficient (Wildman–Crippen LogP) is 2.52. The van der Waals surface area contributed by atoms with Crippen LogP contribution in [0.1, 0.15) is 32.1 Å². The molecule has 0 aromatic rings. The Hall–Kier alpha value is -1.05. The highest BCUT2D eigenvalue weighted by Gasteiger charge is 2.33. The molecule has 1 fully saturated rings. The minimum atomic E-state index is -0.790. The fourth-order valence-corrected chi connectivity index (χ4v) is 2.42. The van der Waals surface area contributed by atoms with Gasteiger partial charge in [0, 0.05) is 0 Å². The van der Waals surface area contributed by atoms with Crippen LogP contribution >= 0.6 is 0 Å². The molecular formula is C11H14O2. The van der Waals surface area contributed by atoms with Crippen molar-refractivity contribution in [2.24, 2.45) is 5.41 Å². The number of hydrogen-bond acceptors (Lipinski definition) is 1. The molecule has 0 aromatic heterocycles. The zero-order valence-electron chi connectivity index (χ0n) is 7.62. The molecule has 0 heterocycles. The molecule has 13 heavy (non-hydrogen) atoms. The predicted molar refractivity (Wildman–Crippen MR) is 50.4 cm³/mol. The molecule has 0 radical (unpaired) electrons. The molecule has 2 rings (SSSR count). The minimum Gasteiger partial charge on any atom is -0.478 e.